The molecule has 132 valence electrons. The Morgan fingerprint density at radius 2 is 1.92 bits per heavy atom. The molecule has 0 saturated heterocycles. The van der Waals surface area contributed by atoms with Crippen molar-refractivity contribution in [1.29, 1.82) is 0 Å². The Morgan fingerprint density at radius 3 is 2.69 bits per heavy atom. The van der Waals surface area contributed by atoms with Crippen LogP contribution < -0.4 is 10.0 Å². The Labute approximate surface area is 159 Å². The highest BCUT2D eigenvalue weighted by Gasteiger charge is 2.25. The summed E-state index contributed by atoms with van der Waals surface area (Å²) in [7, 11) is -3.91. The Hall–Kier alpha value is -2.35. The van der Waals surface area contributed by atoms with Crippen LogP contribution in [0.1, 0.15) is 5.56 Å². The van der Waals surface area contributed by atoms with E-state index in [1.54, 1.807) is 12.1 Å². The van der Waals surface area contributed by atoms with Crippen LogP contribution in [0.4, 0.5) is 11.4 Å². The quantitative estimate of drug-likeness (QED) is 0.678. The summed E-state index contributed by atoms with van der Waals surface area (Å²) in [5.74, 6) is -0.179. The van der Waals surface area contributed by atoms with Crippen molar-refractivity contribution in [2.75, 3.05) is 10.0 Å². The molecule has 3 aromatic rings. The van der Waals surface area contributed by atoms with Crippen LogP contribution in [-0.4, -0.2) is 14.3 Å². The molecule has 0 radical (unpaired) electrons. The van der Waals surface area contributed by atoms with E-state index in [2.05, 4.69) is 10.0 Å². The molecular formula is C18H13ClN2O3S2. The van der Waals surface area contributed by atoms with Crippen molar-refractivity contribution in [2.24, 2.45) is 0 Å². The summed E-state index contributed by atoms with van der Waals surface area (Å²) >= 11 is 7.70. The average Bonchev–Trinajstić information content (AvgIpc) is 3.22. The normalized spacial score (nSPS) is 13.3. The first kappa shape index (κ1) is 17.1. The Morgan fingerprint density at radius 1 is 1.12 bits per heavy atom. The van der Waals surface area contributed by atoms with E-state index in [9.17, 15) is 13.2 Å². The zero-order valence-corrected chi connectivity index (χ0v) is 15.7. The molecular weight excluding hydrogens is 392 g/mol. The molecule has 0 aliphatic carbocycles. The minimum absolute atomic E-state index is 0.0459. The van der Waals surface area contributed by atoms with Crippen LogP contribution in [0.25, 0.3) is 10.4 Å². The summed E-state index contributed by atoms with van der Waals surface area (Å²) in [5.41, 5.74) is 2.44. The van der Waals surface area contributed by atoms with Gasteiger partial charge in [0.2, 0.25) is 5.91 Å². The van der Waals surface area contributed by atoms with Gasteiger partial charge in [-0.15, -0.1) is 11.3 Å². The molecule has 2 aromatic carbocycles. The molecule has 1 aliphatic rings. The summed E-state index contributed by atoms with van der Waals surface area (Å²) in [6.07, 6.45) is 0.140. The van der Waals surface area contributed by atoms with E-state index in [4.69, 9.17) is 11.6 Å². The van der Waals surface area contributed by atoms with E-state index in [1.807, 2.05) is 29.6 Å². The molecule has 26 heavy (non-hydrogen) atoms. The first-order valence-electron chi connectivity index (χ1n) is 7.72. The van der Waals surface area contributed by atoms with Gasteiger partial charge < -0.3 is 5.32 Å². The topological polar surface area (TPSA) is 75.3 Å². The zero-order chi connectivity index (χ0) is 18.3. The minimum atomic E-state index is -3.91. The van der Waals surface area contributed by atoms with E-state index in [-0.39, 0.29) is 22.2 Å². The number of carbonyl (C=O) groups excluding carboxylic acids is 1. The number of benzene rings is 2. The fourth-order valence-electron chi connectivity index (χ4n) is 2.85. The maximum Gasteiger partial charge on any atom is 0.263 e. The third kappa shape index (κ3) is 3.09. The van der Waals surface area contributed by atoms with Crippen LogP contribution in [-0.2, 0) is 21.2 Å². The van der Waals surface area contributed by atoms with Crippen molar-refractivity contribution in [2.45, 2.75) is 11.3 Å². The van der Waals surface area contributed by atoms with Crippen molar-refractivity contribution in [1.82, 2.24) is 0 Å². The minimum Gasteiger partial charge on any atom is -0.325 e. The lowest BCUT2D eigenvalue weighted by Gasteiger charge is -2.13. The number of thiophene rings is 1. The van der Waals surface area contributed by atoms with Gasteiger partial charge in [0.05, 0.1) is 17.1 Å². The number of amides is 1. The van der Waals surface area contributed by atoms with Gasteiger partial charge in [0.15, 0.2) is 0 Å². The van der Waals surface area contributed by atoms with Crippen molar-refractivity contribution in [3.63, 3.8) is 0 Å². The fourth-order valence-corrected chi connectivity index (χ4v) is 5.27. The predicted molar refractivity (Wildman–Crippen MR) is 104 cm³/mol. The van der Waals surface area contributed by atoms with Gasteiger partial charge in [0, 0.05) is 16.1 Å². The SMILES string of the molecule is O=C1Cc2cc(S(=O)(=O)Nc3ccccc3-c3cccs3)c(Cl)cc2N1. The van der Waals surface area contributed by atoms with Crippen molar-refractivity contribution >= 4 is 50.2 Å². The van der Waals surface area contributed by atoms with Gasteiger partial charge >= 0.3 is 0 Å². The average molecular weight is 405 g/mol. The van der Waals surface area contributed by atoms with Gasteiger partial charge in [0.1, 0.15) is 4.90 Å². The maximum absolute atomic E-state index is 12.9. The summed E-state index contributed by atoms with van der Waals surface area (Å²) in [5, 5.41) is 4.65. The molecule has 5 nitrogen and oxygen atoms in total. The molecule has 1 aromatic heterocycles. The van der Waals surface area contributed by atoms with Gasteiger partial charge in [-0.2, -0.15) is 0 Å². The van der Waals surface area contributed by atoms with Crippen LogP contribution in [0.15, 0.2) is 58.8 Å². The summed E-state index contributed by atoms with van der Waals surface area (Å²) in [6.45, 7) is 0. The van der Waals surface area contributed by atoms with Crippen molar-refractivity contribution in [3.8, 4) is 10.4 Å². The van der Waals surface area contributed by atoms with E-state index in [0.29, 0.717) is 16.9 Å². The molecule has 8 heteroatoms. The highest BCUT2D eigenvalue weighted by Crippen LogP contribution is 2.36. The third-order valence-corrected chi connectivity index (χ3v) is 6.76. The number of carbonyl (C=O) groups is 1. The van der Waals surface area contributed by atoms with Crippen LogP contribution >= 0.6 is 22.9 Å². The first-order chi connectivity index (χ1) is 12.4. The van der Waals surface area contributed by atoms with Gasteiger partial charge in [-0.25, -0.2) is 8.42 Å². The molecule has 0 atom stereocenters. The molecule has 0 fully saturated rings. The number of hydrogen-bond donors (Lipinski definition) is 2. The molecule has 0 unspecified atom stereocenters. The molecule has 0 spiro atoms. The van der Waals surface area contributed by atoms with E-state index >= 15 is 0 Å². The predicted octanol–water partition coefficient (Wildman–Crippen LogP) is 4.36. The Balaban J connectivity index is 1.74. The molecule has 0 bridgehead atoms. The van der Waals surface area contributed by atoms with E-state index in [0.717, 1.165) is 10.4 Å². The lowest BCUT2D eigenvalue weighted by Crippen LogP contribution is -2.14. The van der Waals surface area contributed by atoms with Crippen LogP contribution in [0, 0.1) is 0 Å². The molecule has 4 rings (SSSR count). The molecule has 1 aliphatic heterocycles. The number of fused-ring (bicyclic) bond motifs is 1. The lowest BCUT2D eigenvalue weighted by atomic mass is 10.1. The number of sulfonamides is 1. The summed E-state index contributed by atoms with van der Waals surface area (Å²) in [4.78, 5) is 12.4. The van der Waals surface area contributed by atoms with E-state index < -0.39 is 10.0 Å². The molecule has 2 heterocycles. The van der Waals surface area contributed by atoms with Gasteiger partial charge in [-0.05, 0) is 35.2 Å². The van der Waals surface area contributed by atoms with Gasteiger partial charge in [0.25, 0.3) is 10.0 Å². The third-order valence-electron chi connectivity index (χ3n) is 4.03. The van der Waals surface area contributed by atoms with Crippen LogP contribution in [0.3, 0.4) is 0 Å². The highest BCUT2D eigenvalue weighted by molar-refractivity contribution is 7.92. The lowest BCUT2D eigenvalue weighted by molar-refractivity contribution is -0.115. The van der Waals surface area contributed by atoms with Crippen molar-refractivity contribution < 1.29 is 13.2 Å². The fraction of sp³-hybridized carbons (Fsp3) is 0.0556. The number of rotatable bonds is 4. The summed E-state index contributed by atoms with van der Waals surface area (Å²) < 4.78 is 28.5. The standard InChI is InChI=1S/C18H13ClN2O3S2/c19-13-10-15-11(9-18(22)20-15)8-17(13)26(23,24)21-14-5-2-1-4-12(14)16-6-3-7-25-16/h1-8,10,21H,9H2,(H,20,22). The maximum atomic E-state index is 12.9. The number of para-hydroxylation sites is 1. The zero-order valence-electron chi connectivity index (χ0n) is 13.3. The molecule has 2 N–H and O–H groups in total. The smallest absolute Gasteiger partial charge is 0.263 e. The molecule has 1 amide bonds. The second-order valence-corrected chi connectivity index (χ2v) is 8.80. The number of anilines is 2. The van der Waals surface area contributed by atoms with E-state index in [1.165, 1.54) is 23.5 Å². The van der Waals surface area contributed by atoms with Gasteiger partial charge in [-0.3, -0.25) is 9.52 Å². The van der Waals surface area contributed by atoms with Crippen molar-refractivity contribution in [3.05, 3.63) is 64.5 Å². The number of nitrogens with one attached hydrogen (secondary N) is 2. The monoisotopic (exact) mass is 404 g/mol. The largest absolute Gasteiger partial charge is 0.325 e. The van der Waals surface area contributed by atoms with Crippen LogP contribution in [0.5, 0.6) is 0 Å². The first-order valence-corrected chi connectivity index (χ1v) is 10.5. The molecule has 0 saturated carbocycles. The second kappa shape index (κ2) is 6.42. The summed E-state index contributed by atoms with van der Waals surface area (Å²) in [6, 6.07) is 13.9. The Bertz CT molecular complexity index is 1110. The van der Waals surface area contributed by atoms with Gasteiger partial charge in [-0.1, -0.05) is 35.9 Å². The number of halogens is 1. The number of hydrogen-bond acceptors (Lipinski definition) is 4. The highest BCUT2D eigenvalue weighted by atomic mass is 35.5. The Kier molecular flexibility index (Phi) is 4.22. The second-order valence-electron chi connectivity index (χ2n) is 5.79. The van der Waals surface area contributed by atoms with Crippen LogP contribution in [0.2, 0.25) is 5.02 Å².